The molecular formula is C29H40BNO6. The zero-order valence-electron chi connectivity index (χ0n) is 22.5. The molecular weight excluding hydrogens is 469 g/mol. The van der Waals surface area contributed by atoms with Crippen molar-refractivity contribution in [2.24, 2.45) is 34.0 Å². The van der Waals surface area contributed by atoms with Crippen LogP contribution in [-0.4, -0.2) is 47.8 Å². The van der Waals surface area contributed by atoms with Crippen molar-refractivity contribution in [2.75, 3.05) is 11.9 Å². The Morgan fingerprint density at radius 2 is 2.08 bits per heavy atom. The molecule has 2 bridgehead atoms. The second-order valence-electron chi connectivity index (χ2n) is 12.5. The first-order valence-electron chi connectivity index (χ1n) is 13.7. The van der Waals surface area contributed by atoms with Crippen molar-refractivity contribution in [1.29, 1.82) is 0 Å². The number of anilines is 1. The van der Waals surface area contributed by atoms with E-state index in [2.05, 4.69) is 32.7 Å². The molecule has 7 nitrogen and oxygen atoms in total. The van der Waals surface area contributed by atoms with Gasteiger partial charge in [0.05, 0.1) is 12.7 Å². The van der Waals surface area contributed by atoms with Gasteiger partial charge in [0.15, 0.2) is 0 Å². The zero-order valence-corrected chi connectivity index (χ0v) is 22.5. The van der Waals surface area contributed by atoms with Crippen LogP contribution in [0.3, 0.4) is 0 Å². The maximum Gasteiger partial charge on any atom is 0.491 e. The predicted molar refractivity (Wildman–Crippen MR) is 142 cm³/mol. The topological polar surface area (TPSA) is 105 Å². The zero-order chi connectivity index (χ0) is 26.8. The first-order chi connectivity index (χ1) is 17.5. The summed E-state index contributed by atoms with van der Waals surface area (Å²) >= 11 is 0. The quantitative estimate of drug-likeness (QED) is 0.318. The van der Waals surface area contributed by atoms with Crippen LogP contribution in [0.1, 0.15) is 65.4 Å². The van der Waals surface area contributed by atoms with Crippen LogP contribution in [0.2, 0.25) is 0 Å². The van der Waals surface area contributed by atoms with E-state index in [0.29, 0.717) is 30.6 Å². The van der Waals surface area contributed by atoms with E-state index in [1.807, 2.05) is 25.1 Å². The lowest BCUT2D eigenvalue weighted by Crippen LogP contribution is -2.63. The van der Waals surface area contributed by atoms with E-state index in [0.717, 1.165) is 24.8 Å². The van der Waals surface area contributed by atoms with E-state index in [1.54, 1.807) is 6.07 Å². The summed E-state index contributed by atoms with van der Waals surface area (Å²) in [6.45, 7) is 12.8. The molecule has 1 aliphatic heterocycles. The summed E-state index contributed by atoms with van der Waals surface area (Å²) in [5.74, 6) is -0.281. The largest absolute Gasteiger partial charge is 0.491 e. The number of carbonyl (C=O) groups is 2. The third-order valence-electron chi connectivity index (χ3n) is 10.8. The van der Waals surface area contributed by atoms with E-state index in [9.17, 15) is 19.7 Å². The van der Waals surface area contributed by atoms with Crippen molar-refractivity contribution >= 4 is 30.0 Å². The maximum atomic E-state index is 13.5. The van der Waals surface area contributed by atoms with Gasteiger partial charge in [0.1, 0.15) is 18.4 Å². The van der Waals surface area contributed by atoms with Crippen molar-refractivity contribution in [3.05, 3.63) is 36.4 Å². The Bertz CT molecular complexity index is 1110. The van der Waals surface area contributed by atoms with Gasteiger partial charge in [-0.2, -0.15) is 0 Å². The second-order valence-corrected chi connectivity index (χ2v) is 12.5. The molecule has 3 N–H and O–H groups in total. The van der Waals surface area contributed by atoms with Gasteiger partial charge in [0, 0.05) is 28.9 Å². The Morgan fingerprint density at radius 1 is 1.32 bits per heavy atom. The third kappa shape index (κ3) is 3.98. The molecule has 3 saturated carbocycles. The molecule has 1 heterocycles. The molecule has 0 unspecified atom stereocenters. The Labute approximate surface area is 220 Å². The van der Waals surface area contributed by atoms with Crippen LogP contribution in [-0.2, 0) is 25.6 Å². The van der Waals surface area contributed by atoms with Crippen molar-refractivity contribution < 1.29 is 29.1 Å². The van der Waals surface area contributed by atoms with E-state index in [-0.39, 0.29) is 35.5 Å². The summed E-state index contributed by atoms with van der Waals surface area (Å²) in [5, 5.41) is 24.7. The average Bonchev–Trinajstić information content (AvgIpc) is 3.43. The monoisotopic (exact) mass is 509 g/mol. The molecule has 8 atom stereocenters. The number of ether oxygens (including phenoxy) is 1. The fraction of sp³-hybridized carbons (Fsp3) is 0.655. The normalized spacial score (nSPS) is 40.9. The minimum absolute atomic E-state index is 0.0514. The van der Waals surface area contributed by atoms with E-state index in [4.69, 9.17) is 9.39 Å². The van der Waals surface area contributed by atoms with Gasteiger partial charge in [0.25, 0.3) is 0 Å². The minimum atomic E-state index is -0.957. The number of rotatable bonds is 5. The van der Waals surface area contributed by atoms with E-state index < -0.39 is 36.1 Å². The molecule has 4 aliphatic rings. The van der Waals surface area contributed by atoms with Crippen LogP contribution in [0.15, 0.2) is 30.9 Å². The summed E-state index contributed by atoms with van der Waals surface area (Å²) in [6, 6.07) is 5.52. The molecule has 37 heavy (non-hydrogen) atoms. The highest BCUT2D eigenvalue weighted by molar-refractivity contribution is 6.61. The number of benzene rings is 1. The number of ketones is 1. The lowest BCUT2D eigenvalue weighted by molar-refractivity contribution is -0.205. The van der Waals surface area contributed by atoms with Crippen LogP contribution in [0, 0.1) is 34.0 Å². The van der Waals surface area contributed by atoms with Crippen LogP contribution < -0.4 is 10.8 Å². The van der Waals surface area contributed by atoms with Crippen molar-refractivity contribution in [3.8, 4) is 0 Å². The molecule has 8 heteroatoms. The second kappa shape index (κ2) is 9.24. The number of aliphatic hydroxyl groups is 1. The van der Waals surface area contributed by atoms with E-state index in [1.165, 1.54) is 0 Å². The molecule has 0 radical (unpaired) electrons. The Morgan fingerprint density at radius 3 is 2.81 bits per heavy atom. The predicted octanol–water partition coefficient (Wildman–Crippen LogP) is 3.22. The standard InChI is InChI=1S/C29H40BNO6/c1-6-27(4)14-23(37-24(33)15-31-20-8-7-19-16-36-30(35)21(19)13-20)28(5)17(2)9-11-29(18(3)26(27)34)12-10-22(32)25(28)29/h6-8,13,17-18,23,25-26,31,34-35H,1,9-12,14-16H2,2-5H3/t17-,18+,23-,25+,26+,27-,28+,29+/m1/s1. The Hall–Kier alpha value is -2.16. The Balaban J connectivity index is 1.43. The van der Waals surface area contributed by atoms with Crippen LogP contribution in [0.4, 0.5) is 5.69 Å². The lowest BCUT2D eigenvalue weighted by Gasteiger charge is -2.61. The number of aliphatic hydroxyl groups excluding tert-OH is 1. The van der Waals surface area contributed by atoms with Crippen molar-refractivity contribution in [3.63, 3.8) is 0 Å². The number of Topliss-reactive ketones (excluding diaryl/α,β-unsaturated/α-hetero) is 1. The van der Waals surface area contributed by atoms with Crippen molar-refractivity contribution in [1.82, 2.24) is 0 Å². The Kier molecular flexibility index (Phi) is 6.61. The van der Waals surface area contributed by atoms with Crippen molar-refractivity contribution in [2.45, 2.75) is 78.6 Å². The number of esters is 1. The first-order valence-corrected chi connectivity index (χ1v) is 13.7. The highest BCUT2D eigenvalue weighted by atomic mass is 16.5. The molecule has 0 spiro atoms. The molecule has 200 valence electrons. The number of hydrogen-bond donors (Lipinski definition) is 3. The fourth-order valence-corrected chi connectivity index (χ4v) is 8.20. The number of hydrogen-bond acceptors (Lipinski definition) is 7. The molecule has 0 amide bonds. The van der Waals surface area contributed by atoms with Gasteiger partial charge in [-0.1, -0.05) is 39.8 Å². The molecule has 3 aliphatic carbocycles. The molecule has 0 saturated heterocycles. The minimum Gasteiger partial charge on any atom is -0.460 e. The fourth-order valence-electron chi connectivity index (χ4n) is 8.20. The molecule has 3 fully saturated rings. The van der Waals surface area contributed by atoms with Gasteiger partial charge in [-0.3, -0.25) is 9.59 Å². The maximum absolute atomic E-state index is 13.5. The SMILES string of the molecule is C=C[C@]1(C)C[C@@H](OC(=O)CNc2ccc3c(c2)B(O)OC3)[C@]2(C)[C@H](C)CC[C@]3(CCC(=O)[C@H]32)[C@@H](C)[C@@H]1O. The third-order valence-corrected chi connectivity index (χ3v) is 10.8. The van der Waals surface area contributed by atoms with Gasteiger partial charge < -0.3 is 24.8 Å². The molecule has 1 aromatic rings. The van der Waals surface area contributed by atoms with Gasteiger partial charge in [-0.05, 0) is 66.1 Å². The highest BCUT2D eigenvalue weighted by Gasteiger charge is 2.68. The summed E-state index contributed by atoms with van der Waals surface area (Å²) in [4.78, 5) is 26.8. The number of nitrogens with one attached hydrogen (secondary N) is 1. The van der Waals surface area contributed by atoms with Crippen LogP contribution in [0.25, 0.3) is 0 Å². The smallest absolute Gasteiger partial charge is 0.460 e. The first kappa shape index (κ1) is 26.5. The summed E-state index contributed by atoms with van der Waals surface area (Å²) in [7, 11) is -0.957. The van der Waals surface area contributed by atoms with Crippen LogP contribution >= 0.6 is 0 Å². The summed E-state index contributed by atoms with van der Waals surface area (Å²) in [6.07, 6.45) is 4.14. The lowest BCUT2D eigenvalue weighted by atomic mass is 9.44. The number of fused-ring (bicyclic) bond motifs is 1. The molecule has 1 aromatic carbocycles. The summed E-state index contributed by atoms with van der Waals surface area (Å²) < 4.78 is 11.5. The van der Waals surface area contributed by atoms with Gasteiger partial charge in [-0.15, -0.1) is 6.58 Å². The van der Waals surface area contributed by atoms with Gasteiger partial charge in [-0.25, -0.2) is 0 Å². The number of carbonyl (C=O) groups excluding carboxylic acids is 2. The molecule has 5 rings (SSSR count). The molecule has 0 aromatic heterocycles. The van der Waals surface area contributed by atoms with Gasteiger partial charge in [0.2, 0.25) is 0 Å². The van der Waals surface area contributed by atoms with Crippen LogP contribution in [0.5, 0.6) is 0 Å². The summed E-state index contributed by atoms with van der Waals surface area (Å²) in [5.41, 5.74) is 0.836. The average molecular weight is 509 g/mol. The van der Waals surface area contributed by atoms with E-state index >= 15 is 0 Å². The van der Waals surface area contributed by atoms with Gasteiger partial charge >= 0.3 is 13.1 Å². The highest BCUT2D eigenvalue weighted by Crippen LogP contribution is 2.68.